The van der Waals surface area contributed by atoms with Crippen LogP contribution in [0, 0.1) is 11.7 Å². The molecule has 6 nitrogen and oxygen atoms in total. The van der Waals surface area contributed by atoms with Crippen molar-refractivity contribution in [3.8, 4) is 0 Å². The zero-order chi connectivity index (χ0) is 19.3. The van der Waals surface area contributed by atoms with Crippen LogP contribution in [0.3, 0.4) is 0 Å². The number of carbonyl (C=O) groups is 1. The third-order valence-corrected chi connectivity index (χ3v) is 5.80. The maximum absolute atomic E-state index is 13.8. The summed E-state index contributed by atoms with van der Waals surface area (Å²) in [5, 5.41) is 4.16. The minimum absolute atomic E-state index is 0.0110. The lowest BCUT2D eigenvalue weighted by Crippen LogP contribution is -2.39. The highest BCUT2D eigenvalue weighted by Gasteiger charge is 2.26. The van der Waals surface area contributed by atoms with E-state index in [0.29, 0.717) is 36.4 Å². The van der Waals surface area contributed by atoms with Crippen molar-refractivity contribution < 1.29 is 18.4 Å². The average molecular weight is 387 g/mol. The van der Waals surface area contributed by atoms with E-state index >= 15 is 0 Å². The molecule has 1 amide bonds. The Morgan fingerprint density at radius 3 is 2.64 bits per heavy atom. The van der Waals surface area contributed by atoms with Crippen LogP contribution in [0.2, 0.25) is 0 Å². The summed E-state index contributed by atoms with van der Waals surface area (Å²) in [6, 6.07) is 6.47. The second-order valence-electron chi connectivity index (χ2n) is 7.73. The fourth-order valence-corrected chi connectivity index (χ4v) is 4.02. The number of amides is 1. The quantitative estimate of drug-likeness (QED) is 0.788. The maximum Gasteiger partial charge on any atom is 0.227 e. The molecule has 0 atom stereocenters. The van der Waals surface area contributed by atoms with E-state index in [4.69, 9.17) is 9.26 Å². The highest BCUT2D eigenvalue weighted by atomic mass is 19.1. The van der Waals surface area contributed by atoms with Crippen LogP contribution in [-0.4, -0.2) is 47.3 Å². The summed E-state index contributed by atoms with van der Waals surface area (Å²) < 4.78 is 24.6. The first-order valence-electron chi connectivity index (χ1n) is 10.1. The van der Waals surface area contributed by atoms with Crippen LogP contribution in [0.15, 0.2) is 28.8 Å². The molecule has 3 heterocycles. The Balaban J connectivity index is 1.26. The third kappa shape index (κ3) is 4.58. The zero-order valence-corrected chi connectivity index (χ0v) is 16.0. The summed E-state index contributed by atoms with van der Waals surface area (Å²) in [7, 11) is 0. The van der Waals surface area contributed by atoms with Crippen molar-refractivity contribution in [2.75, 3.05) is 26.3 Å². The molecule has 0 radical (unpaired) electrons. The minimum Gasteiger partial charge on any atom is -0.381 e. The Bertz CT molecular complexity index is 796. The summed E-state index contributed by atoms with van der Waals surface area (Å²) in [6.07, 6.45) is 4.57. The van der Waals surface area contributed by atoms with Crippen molar-refractivity contribution in [1.82, 2.24) is 15.0 Å². The number of halogens is 1. The van der Waals surface area contributed by atoms with Gasteiger partial charge in [-0.3, -0.25) is 4.79 Å². The second-order valence-corrected chi connectivity index (χ2v) is 7.73. The lowest BCUT2D eigenvalue weighted by molar-refractivity contribution is -0.131. The first-order chi connectivity index (χ1) is 13.7. The molecule has 150 valence electrons. The maximum atomic E-state index is 13.8. The molecule has 2 fully saturated rings. The number of hydrogen-bond donors (Lipinski definition) is 0. The highest BCUT2D eigenvalue weighted by molar-refractivity contribution is 5.78. The summed E-state index contributed by atoms with van der Waals surface area (Å²) in [5.41, 5.74) is 0.459. The van der Waals surface area contributed by atoms with Gasteiger partial charge in [0.05, 0.1) is 6.42 Å². The van der Waals surface area contributed by atoms with Crippen molar-refractivity contribution in [1.29, 1.82) is 0 Å². The van der Waals surface area contributed by atoms with Gasteiger partial charge < -0.3 is 14.2 Å². The van der Waals surface area contributed by atoms with Crippen LogP contribution in [0.1, 0.15) is 48.9 Å². The fraction of sp³-hybridized carbons (Fsp3) is 0.571. The van der Waals surface area contributed by atoms with Gasteiger partial charge >= 0.3 is 0 Å². The Labute approximate surface area is 164 Å². The van der Waals surface area contributed by atoms with Crippen LogP contribution in [0.25, 0.3) is 0 Å². The van der Waals surface area contributed by atoms with Crippen molar-refractivity contribution in [3.05, 3.63) is 47.4 Å². The summed E-state index contributed by atoms with van der Waals surface area (Å²) in [4.78, 5) is 18.9. The number of nitrogens with zero attached hydrogens (tertiary/aromatic N) is 3. The number of likely N-dealkylation sites (tertiary alicyclic amines) is 1. The monoisotopic (exact) mass is 387 g/mol. The molecule has 0 unspecified atom stereocenters. The predicted octanol–water partition coefficient (Wildman–Crippen LogP) is 3.13. The molecule has 0 saturated carbocycles. The molecule has 4 rings (SSSR count). The van der Waals surface area contributed by atoms with E-state index in [9.17, 15) is 9.18 Å². The van der Waals surface area contributed by atoms with E-state index < -0.39 is 0 Å². The molecule has 2 aliphatic rings. The molecule has 28 heavy (non-hydrogen) atoms. The van der Waals surface area contributed by atoms with Gasteiger partial charge in [-0.25, -0.2) is 4.39 Å². The van der Waals surface area contributed by atoms with Crippen molar-refractivity contribution in [3.63, 3.8) is 0 Å². The van der Waals surface area contributed by atoms with E-state index in [1.807, 2.05) is 4.90 Å². The van der Waals surface area contributed by atoms with E-state index in [1.165, 1.54) is 6.07 Å². The lowest BCUT2D eigenvalue weighted by atomic mass is 9.93. The number of piperidine rings is 1. The Morgan fingerprint density at radius 1 is 1.14 bits per heavy atom. The Kier molecular flexibility index (Phi) is 6.00. The number of hydrogen-bond acceptors (Lipinski definition) is 5. The molecule has 2 aliphatic heterocycles. The fourth-order valence-electron chi connectivity index (χ4n) is 4.02. The van der Waals surface area contributed by atoms with Crippen molar-refractivity contribution >= 4 is 5.91 Å². The largest absolute Gasteiger partial charge is 0.381 e. The molecule has 2 saturated heterocycles. The van der Waals surface area contributed by atoms with Gasteiger partial charge in [-0.15, -0.1) is 0 Å². The number of rotatable bonds is 5. The molecule has 0 spiro atoms. The third-order valence-electron chi connectivity index (χ3n) is 5.80. The zero-order valence-electron chi connectivity index (χ0n) is 16.0. The van der Waals surface area contributed by atoms with Crippen LogP contribution in [-0.2, 0) is 22.4 Å². The minimum atomic E-state index is -0.317. The molecule has 1 aromatic carbocycles. The van der Waals surface area contributed by atoms with Crippen LogP contribution < -0.4 is 0 Å². The van der Waals surface area contributed by atoms with Crippen LogP contribution >= 0.6 is 0 Å². The van der Waals surface area contributed by atoms with Crippen LogP contribution in [0.5, 0.6) is 0 Å². The van der Waals surface area contributed by atoms with Gasteiger partial charge in [0, 0.05) is 38.6 Å². The number of benzene rings is 1. The van der Waals surface area contributed by atoms with Gasteiger partial charge in [0.2, 0.25) is 11.8 Å². The molecular weight excluding hydrogens is 361 g/mol. The van der Waals surface area contributed by atoms with Gasteiger partial charge in [-0.2, -0.15) is 4.98 Å². The number of ether oxygens (including phenoxy) is 1. The van der Waals surface area contributed by atoms with E-state index in [2.05, 4.69) is 10.1 Å². The van der Waals surface area contributed by atoms with E-state index in [1.54, 1.807) is 18.2 Å². The predicted molar refractivity (Wildman–Crippen MR) is 100 cm³/mol. The Hall–Kier alpha value is -2.28. The number of aromatic nitrogens is 2. The topological polar surface area (TPSA) is 68.5 Å². The first-order valence-corrected chi connectivity index (χ1v) is 10.1. The summed E-state index contributed by atoms with van der Waals surface area (Å²) in [5.74, 6) is 1.93. The van der Waals surface area contributed by atoms with Gasteiger partial charge in [0.25, 0.3) is 0 Å². The van der Waals surface area contributed by atoms with E-state index in [-0.39, 0.29) is 18.1 Å². The average Bonchev–Trinajstić information content (AvgIpc) is 3.19. The summed E-state index contributed by atoms with van der Waals surface area (Å²) in [6.45, 7) is 2.90. The van der Waals surface area contributed by atoms with Gasteiger partial charge in [-0.05, 0) is 43.2 Å². The van der Waals surface area contributed by atoms with Gasteiger partial charge in [0.15, 0.2) is 5.82 Å². The molecule has 0 bridgehead atoms. The number of carbonyl (C=O) groups excluding carboxylic acids is 1. The second kappa shape index (κ2) is 8.82. The molecule has 1 aromatic heterocycles. The standard InChI is InChI=1S/C21H26FN3O3/c22-18-4-2-1-3-17(18)14-20(26)25-9-5-15(6-10-25)13-19-23-21(24-28-19)16-7-11-27-12-8-16/h1-4,15-16H,5-14H2. The molecule has 0 N–H and O–H groups in total. The SMILES string of the molecule is O=C(Cc1ccccc1F)N1CCC(Cc2nc(C3CCOCC3)no2)CC1. The smallest absolute Gasteiger partial charge is 0.227 e. The van der Waals surface area contributed by atoms with Crippen molar-refractivity contribution in [2.45, 2.75) is 44.4 Å². The van der Waals surface area contributed by atoms with Crippen LogP contribution in [0.4, 0.5) is 4.39 Å². The molecule has 0 aliphatic carbocycles. The highest BCUT2D eigenvalue weighted by Crippen LogP contribution is 2.26. The van der Waals surface area contributed by atoms with Gasteiger partial charge in [0.1, 0.15) is 5.82 Å². The molecular formula is C21H26FN3O3. The van der Waals surface area contributed by atoms with Crippen molar-refractivity contribution in [2.24, 2.45) is 5.92 Å². The molecule has 7 heteroatoms. The summed E-state index contributed by atoms with van der Waals surface area (Å²) >= 11 is 0. The normalized spacial score (nSPS) is 19.1. The first kappa shape index (κ1) is 19.1. The Morgan fingerprint density at radius 2 is 1.89 bits per heavy atom. The molecule has 2 aromatic rings. The van der Waals surface area contributed by atoms with Gasteiger partial charge in [-0.1, -0.05) is 23.4 Å². The lowest BCUT2D eigenvalue weighted by Gasteiger charge is -2.31. The van der Waals surface area contributed by atoms with E-state index in [0.717, 1.165) is 51.1 Å².